The summed E-state index contributed by atoms with van der Waals surface area (Å²) in [5, 5.41) is 9.23. The molecule has 0 aromatic rings. The highest BCUT2D eigenvalue weighted by atomic mass is 16.2. The smallest absolute Gasteiger partial charge is 0.239 e. The molecule has 5 heteroatoms. The maximum atomic E-state index is 11.8. The van der Waals surface area contributed by atoms with Gasteiger partial charge in [0, 0.05) is 19.1 Å². The maximum Gasteiger partial charge on any atom is 0.239 e. The van der Waals surface area contributed by atoms with Gasteiger partial charge in [-0.2, -0.15) is 0 Å². The van der Waals surface area contributed by atoms with E-state index in [1.54, 1.807) is 7.05 Å². The molecule has 1 fully saturated rings. The van der Waals surface area contributed by atoms with E-state index in [4.69, 9.17) is 0 Å². The first kappa shape index (κ1) is 14.8. The predicted octanol–water partition coefficient (Wildman–Crippen LogP) is 1.01. The molecule has 0 spiro atoms. The Balaban J connectivity index is 2.22. The number of carbonyl (C=O) groups is 1. The molecule has 1 rings (SSSR count). The van der Waals surface area contributed by atoms with E-state index in [9.17, 15) is 4.79 Å². The van der Waals surface area contributed by atoms with Gasteiger partial charge >= 0.3 is 0 Å². The quantitative estimate of drug-likeness (QED) is 0.518. The number of amides is 1. The summed E-state index contributed by atoms with van der Waals surface area (Å²) in [6.45, 7) is 4.35. The lowest BCUT2D eigenvalue weighted by Crippen LogP contribution is -2.47. The Morgan fingerprint density at radius 3 is 2.50 bits per heavy atom. The number of nitrogens with one attached hydrogen (secondary N) is 3. The van der Waals surface area contributed by atoms with Gasteiger partial charge < -0.3 is 16.0 Å². The number of carbonyl (C=O) groups excluding carboxylic acids is 1. The molecule has 0 radical (unpaired) electrons. The molecule has 0 heterocycles. The summed E-state index contributed by atoms with van der Waals surface area (Å²) < 4.78 is 0. The van der Waals surface area contributed by atoms with Crippen LogP contribution in [0.25, 0.3) is 0 Å². The molecule has 1 aliphatic rings. The molecule has 3 N–H and O–H groups in total. The van der Waals surface area contributed by atoms with Crippen molar-refractivity contribution in [2.75, 3.05) is 13.6 Å². The van der Waals surface area contributed by atoms with Gasteiger partial charge in [0.15, 0.2) is 5.96 Å². The van der Waals surface area contributed by atoms with Crippen LogP contribution in [0.4, 0.5) is 0 Å². The zero-order valence-corrected chi connectivity index (χ0v) is 11.8. The molecule has 1 amide bonds. The van der Waals surface area contributed by atoms with E-state index < -0.39 is 0 Å². The summed E-state index contributed by atoms with van der Waals surface area (Å²) in [7, 11) is 1.71. The Hall–Kier alpha value is -1.26. The highest BCUT2D eigenvalue weighted by molar-refractivity contribution is 5.86. The lowest BCUT2D eigenvalue weighted by atomic mass is 9.95. The Kier molecular flexibility index (Phi) is 6.54. The molecule has 104 valence electrons. The Bertz CT molecular complexity index is 283. The molecular weight excluding hydrogens is 228 g/mol. The van der Waals surface area contributed by atoms with Crippen molar-refractivity contribution in [1.29, 1.82) is 0 Å². The summed E-state index contributed by atoms with van der Waals surface area (Å²) in [6, 6.07) is 0.672. The van der Waals surface area contributed by atoms with Crippen LogP contribution < -0.4 is 16.0 Å². The van der Waals surface area contributed by atoms with E-state index in [1.807, 2.05) is 13.8 Å². The van der Waals surface area contributed by atoms with Crippen molar-refractivity contribution >= 4 is 11.9 Å². The molecule has 0 unspecified atom stereocenters. The van der Waals surface area contributed by atoms with E-state index in [-0.39, 0.29) is 12.5 Å². The van der Waals surface area contributed by atoms with E-state index in [0.29, 0.717) is 18.0 Å². The van der Waals surface area contributed by atoms with Gasteiger partial charge in [-0.05, 0) is 26.7 Å². The van der Waals surface area contributed by atoms with Crippen LogP contribution in [0.1, 0.15) is 46.0 Å². The molecule has 0 saturated heterocycles. The molecule has 0 aromatic heterocycles. The van der Waals surface area contributed by atoms with Crippen LogP contribution in [0.2, 0.25) is 0 Å². The highest BCUT2D eigenvalue weighted by Crippen LogP contribution is 2.16. The summed E-state index contributed by atoms with van der Waals surface area (Å²) in [5.74, 6) is 0.720. The van der Waals surface area contributed by atoms with Crippen molar-refractivity contribution in [2.45, 2.75) is 58.0 Å². The van der Waals surface area contributed by atoms with Gasteiger partial charge in [-0.15, -0.1) is 0 Å². The van der Waals surface area contributed by atoms with Crippen molar-refractivity contribution in [3.05, 3.63) is 0 Å². The van der Waals surface area contributed by atoms with Gasteiger partial charge in [0.05, 0.1) is 6.54 Å². The van der Waals surface area contributed by atoms with Gasteiger partial charge in [-0.3, -0.25) is 9.79 Å². The molecule has 0 aromatic carbocycles. The first-order chi connectivity index (χ1) is 8.61. The van der Waals surface area contributed by atoms with Crippen molar-refractivity contribution in [3.63, 3.8) is 0 Å². The van der Waals surface area contributed by atoms with Gasteiger partial charge in [0.1, 0.15) is 0 Å². The average molecular weight is 254 g/mol. The lowest BCUT2D eigenvalue weighted by Gasteiger charge is -2.23. The minimum absolute atomic E-state index is 0.0496. The fraction of sp³-hybridized carbons (Fsp3) is 0.846. The zero-order chi connectivity index (χ0) is 13.4. The van der Waals surface area contributed by atoms with Crippen molar-refractivity contribution in [2.24, 2.45) is 4.99 Å². The van der Waals surface area contributed by atoms with Crippen LogP contribution in [0.5, 0.6) is 0 Å². The lowest BCUT2D eigenvalue weighted by molar-refractivity contribution is -0.120. The van der Waals surface area contributed by atoms with Crippen LogP contribution in [0, 0.1) is 0 Å². The number of nitrogens with zero attached hydrogens (tertiary/aromatic N) is 1. The van der Waals surface area contributed by atoms with Gasteiger partial charge in [-0.1, -0.05) is 19.3 Å². The van der Waals surface area contributed by atoms with Crippen LogP contribution in [-0.2, 0) is 4.79 Å². The Labute approximate surface area is 110 Å². The van der Waals surface area contributed by atoms with Gasteiger partial charge in [0.2, 0.25) is 5.91 Å². The average Bonchev–Trinajstić information content (AvgIpc) is 2.35. The number of hydrogen-bond donors (Lipinski definition) is 3. The van der Waals surface area contributed by atoms with Crippen molar-refractivity contribution in [3.8, 4) is 0 Å². The molecule has 0 atom stereocenters. The third-order valence-corrected chi connectivity index (χ3v) is 3.04. The molecule has 5 nitrogen and oxygen atoms in total. The summed E-state index contributed by atoms with van der Waals surface area (Å²) >= 11 is 0. The first-order valence-electron chi connectivity index (χ1n) is 6.88. The Morgan fingerprint density at radius 1 is 1.28 bits per heavy atom. The third kappa shape index (κ3) is 5.89. The second kappa shape index (κ2) is 7.95. The summed E-state index contributed by atoms with van der Waals surface area (Å²) in [4.78, 5) is 15.8. The molecule has 1 aliphatic carbocycles. The van der Waals surface area contributed by atoms with E-state index in [0.717, 1.165) is 12.8 Å². The van der Waals surface area contributed by atoms with Gasteiger partial charge in [0.25, 0.3) is 0 Å². The normalized spacial score (nSPS) is 17.7. The summed E-state index contributed by atoms with van der Waals surface area (Å²) in [6.07, 6.45) is 5.99. The van der Waals surface area contributed by atoms with E-state index in [1.165, 1.54) is 19.3 Å². The fourth-order valence-electron chi connectivity index (χ4n) is 2.16. The number of rotatable bonds is 4. The van der Waals surface area contributed by atoms with Crippen molar-refractivity contribution in [1.82, 2.24) is 16.0 Å². The van der Waals surface area contributed by atoms with Gasteiger partial charge in [-0.25, -0.2) is 0 Å². The van der Waals surface area contributed by atoms with Crippen LogP contribution in [-0.4, -0.2) is 37.5 Å². The second-order valence-electron chi connectivity index (χ2n) is 5.13. The predicted molar refractivity (Wildman–Crippen MR) is 74.6 cm³/mol. The Morgan fingerprint density at radius 2 is 1.94 bits per heavy atom. The van der Waals surface area contributed by atoms with Crippen molar-refractivity contribution < 1.29 is 4.79 Å². The van der Waals surface area contributed by atoms with Crippen LogP contribution >= 0.6 is 0 Å². The van der Waals surface area contributed by atoms with E-state index >= 15 is 0 Å². The molecule has 18 heavy (non-hydrogen) atoms. The number of aliphatic imine (C=N–C) groups is 1. The van der Waals surface area contributed by atoms with Crippen LogP contribution in [0.3, 0.4) is 0 Å². The van der Waals surface area contributed by atoms with E-state index in [2.05, 4.69) is 20.9 Å². The SMILES string of the molecule is CN=C(NCC(=O)NC1CCCCC1)NC(C)C. The molecule has 0 bridgehead atoms. The first-order valence-corrected chi connectivity index (χ1v) is 6.88. The largest absolute Gasteiger partial charge is 0.354 e. The maximum absolute atomic E-state index is 11.8. The molecule has 1 saturated carbocycles. The topological polar surface area (TPSA) is 65.5 Å². The summed E-state index contributed by atoms with van der Waals surface area (Å²) in [5.41, 5.74) is 0. The zero-order valence-electron chi connectivity index (χ0n) is 11.8. The monoisotopic (exact) mass is 254 g/mol. The standard InChI is InChI=1S/C13H26N4O/c1-10(2)16-13(14-3)15-9-12(18)17-11-7-5-4-6-8-11/h10-11H,4-9H2,1-3H3,(H,17,18)(H2,14,15,16). The second-order valence-corrected chi connectivity index (χ2v) is 5.13. The third-order valence-electron chi connectivity index (χ3n) is 3.04. The van der Waals surface area contributed by atoms with Crippen LogP contribution in [0.15, 0.2) is 4.99 Å². The minimum Gasteiger partial charge on any atom is -0.354 e. The number of guanidine groups is 1. The molecular formula is C13H26N4O. The highest BCUT2D eigenvalue weighted by Gasteiger charge is 2.15. The number of hydrogen-bond acceptors (Lipinski definition) is 2. The fourth-order valence-corrected chi connectivity index (χ4v) is 2.16. The minimum atomic E-state index is 0.0496. The molecule has 0 aliphatic heterocycles.